The van der Waals surface area contributed by atoms with Gasteiger partial charge in [0, 0.05) is 11.4 Å². The second-order valence-corrected chi connectivity index (χ2v) is 6.13. The molecule has 3 rings (SSSR count). The highest BCUT2D eigenvalue weighted by atomic mass is 32.3. The molecule has 1 aliphatic rings. The van der Waals surface area contributed by atoms with E-state index in [2.05, 4.69) is 5.32 Å². The van der Waals surface area contributed by atoms with E-state index in [1.54, 1.807) is 0 Å². The van der Waals surface area contributed by atoms with Gasteiger partial charge < -0.3 is 5.32 Å². The summed E-state index contributed by atoms with van der Waals surface area (Å²) >= 11 is 0. The van der Waals surface area contributed by atoms with Crippen LogP contribution in [0.5, 0.6) is 0 Å². The van der Waals surface area contributed by atoms with Gasteiger partial charge in [0.05, 0.1) is 0 Å². The summed E-state index contributed by atoms with van der Waals surface area (Å²) in [6.45, 7) is 0. The lowest BCUT2D eigenvalue weighted by Gasteiger charge is -2.41. The Bertz CT molecular complexity index is 507. The molecule has 4 heteroatoms. The minimum absolute atomic E-state index is 1.01. The number of nitrogens with one attached hydrogen (secondary N) is 1. The van der Waals surface area contributed by atoms with Gasteiger partial charge in [0.1, 0.15) is 14.2 Å². The van der Waals surface area contributed by atoms with E-state index in [0.717, 1.165) is 21.2 Å². The van der Waals surface area contributed by atoms with Gasteiger partial charge in [-0.15, -0.1) is 0 Å². The van der Waals surface area contributed by atoms with Crippen molar-refractivity contribution in [3.8, 4) is 0 Å². The van der Waals surface area contributed by atoms with Crippen LogP contribution in [0.3, 0.4) is 0 Å². The van der Waals surface area contributed by atoms with Crippen molar-refractivity contribution in [1.29, 1.82) is 0 Å². The highest BCUT2D eigenvalue weighted by Gasteiger charge is 2.26. The Morgan fingerprint density at radius 2 is 1.19 bits per heavy atom. The SMILES string of the molecule is [B]S1([B])c2ccccc2Nc2ccccc21. The molecule has 0 amide bonds. The Kier molecular flexibility index (Phi) is 2.08. The first-order valence-electron chi connectivity index (χ1n) is 5.03. The van der Waals surface area contributed by atoms with E-state index < -0.39 is 9.73 Å². The van der Waals surface area contributed by atoms with Gasteiger partial charge in [-0.3, -0.25) is 9.73 Å². The summed E-state index contributed by atoms with van der Waals surface area (Å²) in [5, 5.41) is 3.36. The first-order valence-corrected chi connectivity index (χ1v) is 6.79. The molecule has 16 heavy (non-hydrogen) atoms. The van der Waals surface area contributed by atoms with Crippen LogP contribution in [0.4, 0.5) is 11.4 Å². The zero-order valence-corrected chi connectivity index (χ0v) is 9.50. The van der Waals surface area contributed by atoms with Crippen LogP contribution < -0.4 is 5.32 Å². The molecule has 0 spiro atoms. The molecular weight excluding hydrogens is 212 g/mol. The van der Waals surface area contributed by atoms with Gasteiger partial charge in [0.2, 0.25) is 0 Å². The second kappa shape index (κ2) is 3.36. The minimum Gasteiger partial charge on any atom is -0.354 e. The number of benzene rings is 2. The second-order valence-electron chi connectivity index (χ2n) is 3.83. The third-order valence-electron chi connectivity index (χ3n) is 2.77. The molecule has 4 radical (unpaired) electrons. The minimum atomic E-state index is -1.86. The zero-order valence-electron chi connectivity index (χ0n) is 8.68. The first kappa shape index (κ1) is 9.91. The Morgan fingerprint density at radius 3 is 1.69 bits per heavy atom. The summed E-state index contributed by atoms with van der Waals surface area (Å²) in [4.78, 5) is 2.02. The van der Waals surface area contributed by atoms with Crippen molar-refractivity contribution in [2.24, 2.45) is 0 Å². The largest absolute Gasteiger partial charge is 0.354 e. The predicted octanol–water partition coefficient (Wildman–Crippen LogP) is 3.13. The summed E-state index contributed by atoms with van der Waals surface area (Å²) in [6, 6.07) is 15.9. The molecular formula is C12H9B2NS. The van der Waals surface area contributed by atoms with Crippen LogP contribution >= 0.6 is 9.73 Å². The topological polar surface area (TPSA) is 12.0 Å². The molecule has 0 aliphatic carbocycles. The molecule has 0 saturated heterocycles. The summed E-state index contributed by atoms with van der Waals surface area (Å²) in [6.07, 6.45) is 0. The lowest BCUT2D eigenvalue weighted by Crippen LogP contribution is -2.11. The van der Waals surface area contributed by atoms with Gasteiger partial charge in [-0.1, -0.05) is 24.3 Å². The van der Waals surface area contributed by atoms with E-state index >= 15 is 0 Å². The summed E-state index contributed by atoms with van der Waals surface area (Å²) < 4.78 is 0. The highest BCUT2D eigenvalue weighted by molar-refractivity contribution is 8.64. The fraction of sp³-hybridized carbons (Fsp3) is 0. The van der Waals surface area contributed by atoms with Crippen molar-refractivity contribution in [3.05, 3.63) is 48.5 Å². The zero-order chi connectivity index (χ0) is 11.2. The van der Waals surface area contributed by atoms with E-state index in [9.17, 15) is 0 Å². The molecule has 0 fully saturated rings. The normalized spacial score (nSPS) is 17.8. The van der Waals surface area contributed by atoms with E-state index in [-0.39, 0.29) is 0 Å². The smallest absolute Gasteiger partial charge is 0.135 e. The lowest BCUT2D eigenvalue weighted by atomic mass is 10.2. The first-order chi connectivity index (χ1) is 7.69. The number of para-hydroxylation sites is 2. The number of hydrogen-bond acceptors (Lipinski definition) is 1. The quantitative estimate of drug-likeness (QED) is 0.673. The van der Waals surface area contributed by atoms with Gasteiger partial charge in [-0.25, -0.2) is 0 Å². The van der Waals surface area contributed by atoms with Crippen molar-refractivity contribution in [2.45, 2.75) is 9.79 Å². The van der Waals surface area contributed by atoms with Crippen LogP contribution in [0.1, 0.15) is 0 Å². The van der Waals surface area contributed by atoms with Crippen molar-refractivity contribution >= 4 is 35.4 Å². The molecule has 2 aromatic rings. The average molecular weight is 221 g/mol. The van der Waals surface area contributed by atoms with Gasteiger partial charge in [-0.05, 0) is 34.1 Å². The van der Waals surface area contributed by atoms with Crippen LogP contribution in [0, 0.1) is 0 Å². The number of rotatable bonds is 0. The third kappa shape index (κ3) is 1.30. The van der Waals surface area contributed by atoms with Gasteiger partial charge in [-0.2, -0.15) is 0 Å². The van der Waals surface area contributed by atoms with Crippen molar-refractivity contribution in [2.75, 3.05) is 5.32 Å². The molecule has 1 aliphatic heterocycles. The Morgan fingerprint density at radius 1 is 0.750 bits per heavy atom. The van der Waals surface area contributed by atoms with Crippen LogP contribution in [-0.2, 0) is 0 Å². The predicted molar refractivity (Wildman–Crippen MR) is 71.8 cm³/mol. The van der Waals surface area contributed by atoms with Crippen LogP contribution in [0.2, 0.25) is 0 Å². The summed E-state index contributed by atoms with van der Waals surface area (Å²) in [7, 11) is 10.8. The molecule has 0 saturated carbocycles. The number of fused-ring (bicyclic) bond motifs is 2. The van der Waals surface area contributed by atoms with Gasteiger partial charge in [0.15, 0.2) is 0 Å². The molecule has 2 aromatic carbocycles. The van der Waals surface area contributed by atoms with Crippen molar-refractivity contribution in [3.63, 3.8) is 0 Å². The molecule has 1 nitrogen and oxygen atoms in total. The lowest BCUT2D eigenvalue weighted by molar-refractivity contribution is 1.31. The average Bonchev–Trinajstić information content (AvgIpc) is 2.29. The molecule has 0 unspecified atom stereocenters. The highest BCUT2D eigenvalue weighted by Crippen LogP contribution is 2.62. The van der Waals surface area contributed by atoms with Crippen molar-refractivity contribution in [1.82, 2.24) is 0 Å². The summed E-state index contributed by atoms with van der Waals surface area (Å²) in [5.41, 5.74) is 2.03. The molecule has 0 bridgehead atoms. The fourth-order valence-corrected chi connectivity index (χ4v) is 3.80. The Hall–Kier alpha value is -1.28. The van der Waals surface area contributed by atoms with E-state index in [0.29, 0.717) is 0 Å². The monoisotopic (exact) mass is 221 g/mol. The molecule has 1 heterocycles. The van der Waals surface area contributed by atoms with Crippen LogP contribution in [-0.4, -0.2) is 14.2 Å². The molecule has 0 atom stereocenters. The Labute approximate surface area is 99.2 Å². The van der Waals surface area contributed by atoms with Gasteiger partial charge in [0.25, 0.3) is 0 Å². The molecule has 74 valence electrons. The number of hydrogen-bond donors (Lipinski definition) is 1. The maximum absolute atomic E-state index is 6.32. The van der Waals surface area contributed by atoms with E-state index in [1.807, 2.05) is 48.5 Å². The Balaban J connectivity index is 2.28. The number of anilines is 2. The maximum atomic E-state index is 6.32. The maximum Gasteiger partial charge on any atom is 0.135 e. The third-order valence-corrected chi connectivity index (χ3v) is 4.94. The molecule has 1 N–H and O–H groups in total. The van der Waals surface area contributed by atoms with E-state index in [1.165, 1.54) is 0 Å². The molecule has 0 aromatic heterocycles. The van der Waals surface area contributed by atoms with Gasteiger partial charge >= 0.3 is 0 Å². The van der Waals surface area contributed by atoms with Crippen LogP contribution in [0.15, 0.2) is 58.3 Å². The summed E-state index contributed by atoms with van der Waals surface area (Å²) in [5.74, 6) is 0. The standard InChI is InChI=1S/C12H9B2NS/c13-16(14)11-7-3-1-5-9(11)15-10-6-2-4-8-12(10)16/h1-8,15H. The van der Waals surface area contributed by atoms with Crippen molar-refractivity contribution < 1.29 is 0 Å². The van der Waals surface area contributed by atoms with E-state index in [4.69, 9.17) is 14.2 Å². The van der Waals surface area contributed by atoms with Crippen LogP contribution in [0.25, 0.3) is 0 Å². The fourth-order valence-electron chi connectivity index (χ4n) is 1.99.